The second-order valence-electron chi connectivity index (χ2n) is 12.3. The van der Waals surface area contributed by atoms with Crippen LogP contribution in [0.1, 0.15) is 83.6 Å². The third-order valence-corrected chi connectivity index (χ3v) is 9.15. The summed E-state index contributed by atoms with van der Waals surface area (Å²) in [6.45, 7) is 16.1. The van der Waals surface area contributed by atoms with Crippen LogP contribution in [0.4, 0.5) is 0 Å². The number of carbonyl (C=O) groups is 3. The van der Waals surface area contributed by atoms with Gasteiger partial charge in [-0.05, 0) is 68.2 Å². The summed E-state index contributed by atoms with van der Waals surface area (Å²) >= 11 is 0. The van der Waals surface area contributed by atoms with Gasteiger partial charge in [-0.25, -0.2) is 9.78 Å². The minimum Gasteiger partial charge on any atom is -0.469 e. The summed E-state index contributed by atoms with van der Waals surface area (Å²) in [6, 6.07) is 7.96. The van der Waals surface area contributed by atoms with Gasteiger partial charge in [0, 0.05) is 71.2 Å². The average molecular weight is 636 g/mol. The molecule has 5 heterocycles. The number of H-pyrrole nitrogens is 2. The molecule has 5 rings (SSSR count). The van der Waals surface area contributed by atoms with Gasteiger partial charge < -0.3 is 24.3 Å². The predicted molar refractivity (Wildman–Crippen MR) is 185 cm³/mol. The monoisotopic (exact) mass is 635 g/mol. The van der Waals surface area contributed by atoms with Gasteiger partial charge in [-0.15, -0.1) is 0 Å². The van der Waals surface area contributed by atoms with Crippen LogP contribution >= 0.6 is 0 Å². The molecule has 3 aromatic heterocycles. The van der Waals surface area contributed by atoms with Crippen molar-refractivity contribution in [2.45, 2.75) is 52.4 Å². The number of methoxy groups -OCH3 is 2. The third-order valence-electron chi connectivity index (χ3n) is 9.15. The lowest BCUT2D eigenvalue weighted by atomic mass is 9.83. The summed E-state index contributed by atoms with van der Waals surface area (Å²) in [6.07, 6.45) is 2.34. The number of hydrogen-bond donors (Lipinski definition) is 2. The summed E-state index contributed by atoms with van der Waals surface area (Å²) in [7, 11) is 5.97. The molecule has 1 amide bonds. The minimum absolute atomic E-state index is 0.0145. The van der Waals surface area contributed by atoms with Crippen LogP contribution in [0.3, 0.4) is 0 Å². The lowest BCUT2D eigenvalue weighted by Crippen LogP contribution is -2.23. The van der Waals surface area contributed by atoms with Crippen LogP contribution in [0.25, 0.3) is 44.9 Å². The molecule has 47 heavy (non-hydrogen) atoms. The summed E-state index contributed by atoms with van der Waals surface area (Å²) in [5, 5.41) is 0. The molecule has 0 saturated carbocycles. The molecule has 2 atom stereocenters. The number of hydrogen-bond acceptors (Lipinski definition) is 7. The van der Waals surface area contributed by atoms with E-state index in [0.717, 1.165) is 44.5 Å². The van der Waals surface area contributed by atoms with E-state index in [1.54, 1.807) is 14.1 Å². The number of aromatic amines is 2. The molecule has 0 aliphatic carbocycles. The number of aryl methyl sites for hydroxylation is 2. The Labute approximate surface area is 274 Å². The van der Waals surface area contributed by atoms with Crippen molar-refractivity contribution in [2.75, 3.05) is 28.3 Å². The number of amides is 1. The Morgan fingerprint density at radius 2 is 1.70 bits per heavy atom. The van der Waals surface area contributed by atoms with Gasteiger partial charge >= 0.3 is 11.9 Å². The zero-order valence-electron chi connectivity index (χ0n) is 28.3. The lowest BCUT2D eigenvalue weighted by Gasteiger charge is -2.20. The minimum atomic E-state index is -0.677. The molecule has 2 N–H and O–H groups in total. The number of allylic oxidation sites excluding steroid dienone is 1. The highest BCUT2D eigenvalue weighted by Gasteiger charge is 2.37. The van der Waals surface area contributed by atoms with E-state index in [0.29, 0.717) is 34.5 Å². The zero-order valence-corrected chi connectivity index (χ0v) is 28.3. The molecule has 8 bridgehead atoms. The quantitative estimate of drug-likeness (QED) is 0.220. The maximum Gasteiger partial charge on any atom is 0.337 e. The Hall–Kier alpha value is -5.25. The standard InChI is InChI=1S/C37H41N5O5/c1-11-24-19(3)28-17-29-20(4)25(12-13-31(43)46-9)34(40-29)32(22(6)37(45)47-10)35-33(36(44)42(7)8)21(5)27(41-35)15-23-14-18(2)26(38-23)16-30(24)39-28/h11,14-17,20,25,38-39H,1,6,12-13H2,2-5,7-10H3/t20-,25-/m0/s1. The van der Waals surface area contributed by atoms with Crippen LogP contribution in [0.15, 0.2) is 37.4 Å². The number of nitrogens with one attached hydrogen (secondary N) is 2. The van der Waals surface area contributed by atoms with Crippen molar-refractivity contribution >= 4 is 62.7 Å². The average Bonchev–Trinajstić information content (AvgIpc) is 3.73. The number of nitrogens with zero attached hydrogens (tertiary/aromatic N) is 3. The van der Waals surface area contributed by atoms with Crippen LogP contribution in [0.5, 0.6) is 0 Å². The number of esters is 2. The number of ether oxygens (including phenoxy) is 2. The number of carbonyl (C=O) groups excluding carboxylic acids is 3. The van der Waals surface area contributed by atoms with Crippen molar-refractivity contribution in [3.8, 4) is 0 Å². The maximum atomic E-state index is 13.9. The predicted octanol–water partition coefficient (Wildman–Crippen LogP) is 6.62. The fraction of sp³-hybridized carbons (Fsp3) is 0.324. The summed E-state index contributed by atoms with van der Waals surface area (Å²) in [5.41, 5.74) is 9.81. The van der Waals surface area contributed by atoms with Crippen molar-refractivity contribution in [2.24, 2.45) is 0 Å². The van der Waals surface area contributed by atoms with Gasteiger partial charge in [0.2, 0.25) is 0 Å². The first-order chi connectivity index (χ1) is 22.3. The van der Waals surface area contributed by atoms with Crippen molar-refractivity contribution < 1.29 is 23.9 Å². The van der Waals surface area contributed by atoms with Gasteiger partial charge in [-0.2, -0.15) is 0 Å². The van der Waals surface area contributed by atoms with Crippen molar-refractivity contribution in [3.63, 3.8) is 0 Å². The SMILES string of the molecule is C=Cc1c(C)c2cc3nc(c(C(=C)C(=O)OC)c4nc(cc5cc(C)c(cc1[nH]2)[nH]5)C(C)=C4C(=O)N(C)C)[C@@H](CCC(=O)OC)[C@@H]3C. The normalized spacial score (nSPS) is 15.7. The Morgan fingerprint density at radius 3 is 2.34 bits per heavy atom. The molecule has 0 fully saturated rings. The number of fused-ring (bicyclic) bond motifs is 8. The number of aromatic nitrogens is 4. The van der Waals surface area contributed by atoms with Crippen LogP contribution in [-0.4, -0.2) is 71.0 Å². The van der Waals surface area contributed by atoms with Crippen LogP contribution < -0.4 is 0 Å². The molecule has 0 spiro atoms. The summed E-state index contributed by atoms with van der Waals surface area (Å²) in [4.78, 5) is 58.2. The Kier molecular flexibility index (Phi) is 9.07. The summed E-state index contributed by atoms with van der Waals surface area (Å²) in [5.74, 6) is -1.85. The number of likely N-dealkylation sites (N-methyl/N-ethyl adjacent to an activating group) is 1. The van der Waals surface area contributed by atoms with Gasteiger partial charge in [-0.1, -0.05) is 26.2 Å². The van der Waals surface area contributed by atoms with E-state index in [9.17, 15) is 14.4 Å². The van der Waals surface area contributed by atoms with Gasteiger partial charge in [0.15, 0.2) is 0 Å². The molecule has 244 valence electrons. The molecule has 0 unspecified atom stereocenters. The zero-order chi connectivity index (χ0) is 34.3. The van der Waals surface area contributed by atoms with Gasteiger partial charge in [0.05, 0.1) is 42.4 Å². The first-order valence-corrected chi connectivity index (χ1v) is 15.5. The second-order valence-corrected chi connectivity index (χ2v) is 12.3. The molecule has 0 radical (unpaired) electrons. The molecular formula is C37H41N5O5. The molecule has 10 nitrogen and oxygen atoms in total. The van der Waals surface area contributed by atoms with E-state index in [2.05, 4.69) is 29.2 Å². The van der Waals surface area contributed by atoms with Crippen LogP contribution in [0, 0.1) is 13.8 Å². The molecule has 10 heteroatoms. The molecule has 3 aromatic rings. The Bertz CT molecular complexity index is 2040. The highest BCUT2D eigenvalue weighted by molar-refractivity contribution is 6.29. The molecule has 2 aliphatic heterocycles. The first-order valence-electron chi connectivity index (χ1n) is 15.5. The van der Waals surface area contributed by atoms with E-state index < -0.39 is 5.97 Å². The smallest absolute Gasteiger partial charge is 0.337 e. The van der Waals surface area contributed by atoms with Gasteiger partial charge in [0.25, 0.3) is 5.91 Å². The van der Waals surface area contributed by atoms with Gasteiger partial charge in [-0.3, -0.25) is 14.6 Å². The van der Waals surface area contributed by atoms with Crippen LogP contribution in [0.2, 0.25) is 0 Å². The van der Waals surface area contributed by atoms with Gasteiger partial charge in [0.1, 0.15) is 0 Å². The lowest BCUT2D eigenvalue weighted by molar-refractivity contribution is -0.141. The molecular weight excluding hydrogens is 594 g/mol. The highest BCUT2D eigenvalue weighted by atomic mass is 16.5. The molecule has 2 aliphatic rings. The fourth-order valence-corrected chi connectivity index (χ4v) is 6.39. The van der Waals surface area contributed by atoms with E-state index in [4.69, 9.17) is 19.4 Å². The topological polar surface area (TPSA) is 130 Å². The molecule has 0 aromatic carbocycles. The van der Waals surface area contributed by atoms with E-state index in [1.807, 2.05) is 52.0 Å². The number of rotatable bonds is 7. The van der Waals surface area contributed by atoms with E-state index in [1.165, 1.54) is 19.1 Å². The van der Waals surface area contributed by atoms with E-state index in [-0.39, 0.29) is 41.4 Å². The maximum absolute atomic E-state index is 13.9. The largest absolute Gasteiger partial charge is 0.469 e. The third kappa shape index (κ3) is 5.91. The van der Waals surface area contributed by atoms with Crippen molar-refractivity contribution in [1.82, 2.24) is 24.8 Å². The van der Waals surface area contributed by atoms with Crippen molar-refractivity contribution in [3.05, 3.63) is 82.5 Å². The summed E-state index contributed by atoms with van der Waals surface area (Å²) < 4.78 is 10.1. The van der Waals surface area contributed by atoms with Crippen LogP contribution in [-0.2, 0) is 23.9 Å². The highest BCUT2D eigenvalue weighted by Crippen LogP contribution is 2.45. The molecule has 0 saturated heterocycles. The Balaban J connectivity index is 2.03. The Morgan fingerprint density at radius 1 is 0.979 bits per heavy atom. The second kappa shape index (κ2) is 12.9. The first kappa shape index (κ1) is 33.1. The van der Waals surface area contributed by atoms with Crippen molar-refractivity contribution in [1.29, 1.82) is 0 Å². The van der Waals surface area contributed by atoms with E-state index >= 15 is 0 Å². The fourth-order valence-electron chi connectivity index (χ4n) is 6.39.